The standard InChI is InChI=1S/C22H25N3O5/c23-20(27)18(13-7-12-16-8-3-1-4-9-16)24-21(28)19(14-26)25-22(29)30-15-17-10-5-2-6-11-17/h1-12,18-19,26H,13-15H2,(H2,23,27)(H,24,28)(H,25,29)/b12-7+/t18-,19-/m0/s1. The van der Waals surface area contributed by atoms with Crippen LogP contribution in [0.1, 0.15) is 17.5 Å². The minimum absolute atomic E-state index is 0.0145. The van der Waals surface area contributed by atoms with Crippen LogP contribution in [-0.4, -0.2) is 41.7 Å². The monoisotopic (exact) mass is 411 g/mol. The molecule has 0 heterocycles. The van der Waals surface area contributed by atoms with Gasteiger partial charge in [0.05, 0.1) is 6.61 Å². The highest BCUT2D eigenvalue weighted by Crippen LogP contribution is 2.04. The number of carbonyl (C=O) groups excluding carboxylic acids is 3. The Bertz CT molecular complexity index is 856. The Morgan fingerprint density at radius 3 is 2.20 bits per heavy atom. The summed E-state index contributed by atoms with van der Waals surface area (Å²) in [4.78, 5) is 35.9. The van der Waals surface area contributed by atoms with Crippen molar-refractivity contribution in [1.82, 2.24) is 10.6 Å². The number of nitrogens with one attached hydrogen (secondary N) is 2. The predicted molar refractivity (Wildman–Crippen MR) is 112 cm³/mol. The molecule has 0 aromatic heterocycles. The Labute approximate surface area is 174 Å². The van der Waals surface area contributed by atoms with Crippen LogP contribution < -0.4 is 16.4 Å². The first kappa shape index (κ1) is 22.6. The molecular weight excluding hydrogens is 386 g/mol. The highest BCUT2D eigenvalue weighted by molar-refractivity contribution is 5.90. The first-order valence-electron chi connectivity index (χ1n) is 9.39. The predicted octanol–water partition coefficient (Wildman–Crippen LogP) is 1.35. The average molecular weight is 411 g/mol. The maximum Gasteiger partial charge on any atom is 0.408 e. The summed E-state index contributed by atoms with van der Waals surface area (Å²) in [7, 11) is 0. The third-order valence-electron chi connectivity index (χ3n) is 4.15. The van der Waals surface area contributed by atoms with Crippen molar-refractivity contribution in [3.8, 4) is 0 Å². The van der Waals surface area contributed by atoms with Crippen LogP contribution in [0.15, 0.2) is 66.7 Å². The molecular formula is C22H25N3O5. The van der Waals surface area contributed by atoms with E-state index in [1.165, 1.54) is 0 Å². The van der Waals surface area contributed by atoms with Gasteiger partial charge >= 0.3 is 6.09 Å². The smallest absolute Gasteiger partial charge is 0.408 e. The van der Waals surface area contributed by atoms with Gasteiger partial charge in [-0.2, -0.15) is 0 Å². The number of hydrogen-bond acceptors (Lipinski definition) is 5. The largest absolute Gasteiger partial charge is 0.445 e. The summed E-state index contributed by atoms with van der Waals surface area (Å²) in [6, 6.07) is 16.1. The summed E-state index contributed by atoms with van der Waals surface area (Å²) < 4.78 is 5.03. The summed E-state index contributed by atoms with van der Waals surface area (Å²) in [6.07, 6.45) is 2.80. The number of rotatable bonds is 10. The minimum atomic E-state index is -1.28. The van der Waals surface area contributed by atoms with E-state index >= 15 is 0 Å². The fourth-order valence-corrected chi connectivity index (χ4v) is 2.52. The van der Waals surface area contributed by atoms with Gasteiger partial charge in [-0.1, -0.05) is 72.8 Å². The number of aliphatic hydroxyl groups excluding tert-OH is 1. The second kappa shape index (κ2) is 12.0. The van der Waals surface area contributed by atoms with Gasteiger partial charge in [0, 0.05) is 0 Å². The van der Waals surface area contributed by atoms with E-state index in [1.807, 2.05) is 36.4 Å². The summed E-state index contributed by atoms with van der Waals surface area (Å²) in [5.41, 5.74) is 7.07. The molecule has 2 rings (SSSR count). The molecule has 0 saturated carbocycles. The van der Waals surface area contributed by atoms with Gasteiger partial charge in [0.25, 0.3) is 0 Å². The number of nitrogens with two attached hydrogens (primary N) is 1. The second-order valence-electron chi connectivity index (χ2n) is 6.45. The van der Waals surface area contributed by atoms with Crippen LogP contribution >= 0.6 is 0 Å². The number of hydrogen-bond donors (Lipinski definition) is 4. The van der Waals surface area contributed by atoms with Gasteiger partial charge < -0.3 is 26.2 Å². The molecule has 0 spiro atoms. The van der Waals surface area contributed by atoms with Gasteiger partial charge in [0.1, 0.15) is 18.7 Å². The molecule has 3 amide bonds. The van der Waals surface area contributed by atoms with E-state index in [0.29, 0.717) is 0 Å². The molecule has 0 saturated heterocycles. The van der Waals surface area contributed by atoms with Crippen molar-refractivity contribution < 1.29 is 24.2 Å². The number of alkyl carbamates (subject to hydrolysis) is 1. The molecule has 0 radical (unpaired) electrons. The molecule has 2 atom stereocenters. The SMILES string of the molecule is NC(=O)[C@H](C/C=C/c1ccccc1)NC(=O)[C@H](CO)NC(=O)OCc1ccccc1. The van der Waals surface area contributed by atoms with Crippen LogP contribution in [0.25, 0.3) is 6.08 Å². The maximum atomic E-state index is 12.4. The lowest BCUT2D eigenvalue weighted by Gasteiger charge is -2.19. The fourth-order valence-electron chi connectivity index (χ4n) is 2.52. The van der Waals surface area contributed by atoms with Crippen LogP contribution in [0.3, 0.4) is 0 Å². The normalized spacial score (nSPS) is 12.7. The number of amides is 3. The Hall–Kier alpha value is -3.65. The molecule has 0 bridgehead atoms. The number of aliphatic hydroxyl groups is 1. The zero-order valence-corrected chi connectivity index (χ0v) is 16.4. The van der Waals surface area contributed by atoms with Crippen molar-refractivity contribution in [1.29, 1.82) is 0 Å². The highest BCUT2D eigenvalue weighted by atomic mass is 16.5. The first-order valence-corrected chi connectivity index (χ1v) is 9.39. The van der Waals surface area contributed by atoms with Gasteiger partial charge in [-0.15, -0.1) is 0 Å². The van der Waals surface area contributed by atoms with Crippen molar-refractivity contribution in [3.63, 3.8) is 0 Å². The van der Waals surface area contributed by atoms with Gasteiger partial charge in [-0.05, 0) is 17.5 Å². The molecule has 0 aliphatic carbocycles. The molecule has 2 aromatic carbocycles. The fraction of sp³-hybridized carbons (Fsp3) is 0.227. The molecule has 8 heteroatoms. The van der Waals surface area contributed by atoms with E-state index in [2.05, 4.69) is 10.6 Å². The minimum Gasteiger partial charge on any atom is -0.445 e. The van der Waals surface area contributed by atoms with Crippen LogP contribution in [0, 0.1) is 0 Å². The molecule has 158 valence electrons. The molecule has 2 aromatic rings. The number of carbonyl (C=O) groups is 3. The number of benzene rings is 2. The van der Waals surface area contributed by atoms with Crippen LogP contribution in [0.5, 0.6) is 0 Å². The molecule has 8 nitrogen and oxygen atoms in total. The van der Waals surface area contributed by atoms with Crippen molar-refractivity contribution in [3.05, 3.63) is 77.9 Å². The second-order valence-corrected chi connectivity index (χ2v) is 6.45. The Morgan fingerprint density at radius 1 is 0.967 bits per heavy atom. The number of ether oxygens (including phenoxy) is 1. The maximum absolute atomic E-state index is 12.4. The molecule has 5 N–H and O–H groups in total. The summed E-state index contributed by atoms with van der Waals surface area (Å²) in [5.74, 6) is -1.48. The van der Waals surface area contributed by atoms with Crippen molar-refractivity contribution >= 4 is 24.0 Å². The Balaban J connectivity index is 1.86. The van der Waals surface area contributed by atoms with Crippen molar-refractivity contribution in [2.75, 3.05) is 6.61 Å². The lowest BCUT2D eigenvalue weighted by atomic mass is 10.1. The average Bonchev–Trinajstić information content (AvgIpc) is 2.76. The van der Waals surface area contributed by atoms with E-state index in [4.69, 9.17) is 10.5 Å². The third kappa shape index (κ3) is 7.76. The Kier molecular flexibility index (Phi) is 9.08. The van der Waals surface area contributed by atoms with Gasteiger partial charge in [0.2, 0.25) is 11.8 Å². The van der Waals surface area contributed by atoms with Crippen LogP contribution in [0.4, 0.5) is 4.79 Å². The van der Waals surface area contributed by atoms with E-state index in [0.717, 1.165) is 11.1 Å². The van der Waals surface area contributed by atoms with E-state index in [9.17, 15) is 19.5 Å². The highest BCUT2D eigenvalue weighted by Gasteiger charge is 2.25. The molecule has 0 unspecified atom stereocenters. The van der Waals surface area contributed by atoms with Gasteiger partial charge in [0.15, 0.2) is 0 Å². The van der Waals surface area contributed by atoms with Crippen LogP contribution in [-0.2, 0) is 20.9 Å². The Morgan fingerprint density at radius 2 is 1.60 bits per heavy atom. The van der Waals surface area contributed by atoms with Gasteiger partial charge in [-0.25, -0.2) is 4.79 Å². The molecule has 0 aliphatic rings. The summed E-state index contributed by atoms with van der Waals surface area (Å²) >= 11 is 0. The van der Waals surface area contributed by atoms with Gasteiger partial charge in [-0.3, -0.25) is 9.59 Å². The third-order valence-corrected chi connectivity index (χ3v) is 4.15. The lowest BCUT2D eigenvalue weighted by molar-refractivity contribution is -0.129. The molecule has 0 fully saturated rings. The zero-order chi connectivity index (χ0) is 21.8. The number of primary amides is 1. The van der Waals surface area contributed by atoms with Crippen LogP contribution in [0.2, 0.25) is 0 Å². The quantitative estimate of drug-likeness (QED) is 0.469. The van der Waals surface area contributed by atoms with E-state index in [1.54, 1.807) is 36.4 Å². The van der Waals surface area contributed by atoms with Crippen molar-refractivity contribution in [2.45, 2.75) is 25.1 Å². The summed E-state index contributed by atoms with van der Waals surface area (Å²) in [6.45, 7) is -0.655. The molecule has 0 aliphatic heterocycles. The summed E-state index contributed by atoms with van der Waals surface area (Å²) in [5, 5.41) is 14.2. The van der Waals surface area contributed by atoms with Crippen molar-refractivity contribution in [2.24, 2.45) is 5.73 Å². The topological polar surface area (TPSA) is 131 Å². The van der Waals surface area contributed by atoms with E-state index in [-0.39, 0.29) is 13.0 Å². The lowest BCUT2D eigenvalue weighted by Crippen LogP contribution is -2.54. The first-order chi connectivity index (χ1) is 14.5. The zero-order valence-electron chi connectivity index (χ0n) is 16.4. The molecule has 30 heavy (non-hydrogen) atoms. The van der Waals surface area contributed by atoms with E-state index < -0.39 is 36.6 Å².